The number of hydrazine groups is 1. The predicted octanol–water partition coefficient (Wildman–Crippen LogP) is 4.03. The number of nitrogen functional groups attached to an aromatic ring is 1. The van der Waals surface area contributed by atoms with Crippen molar-refractivity contribution in [3.8, 4) is 28.3 Å². The zero-order valence-electron chi connectivity index (χ0n) is 24.1. The van der Waals surface area contributed by atoms with Gasteiger partial charge in [-0.05, 0) is 49.0 Å². The van der Waals surface area contributed by atoms with Crippen LogP contribution in [0.5, 0.6) is 0 Å². The van der Waals surface area contributed by atoms with Crippen LogP contribution in [-0.4, -0.2) is 38.7 Å². The molecule has 0 fully saturated rings. The first-order chi connectivity index (χ1) is 21.5. The average Bonchev–Trinajstić information content (AvgIpc) is 3.45. The molecule has 3 aromatic carbocycles. The third-order valence-corrected chi connectivity index (χ3v) is 6.76. The third-order valence-electron chi connectivity index (χ3n) is 6.76. The molecule has 44 heavy (non-hydrogen) atoms. The summed E-state index contributed by atoms with van der Waals surface area (Å²) >= 11 is 0. The van der Waals surface area contributed by atoms with E-state index in [1.54, 1.807) is 30.5 Å². The molecule has 0 atom stereocenters. The number of rotatable bonds is 8. The van der Waals surface area contributed by atoms with Crippen LogP contribution in [0.2, 0.25) is 0 Å². The molecule has 6 rings (SSSR count). The largest absolute Gasteiger partial charge is 0.383 e. The van der Waals surface area contributed by atoms with E-state index in [0.717, 1.165) is 52.3 Å². The molecule has 220 valence electrons. The number of amidine groups is 1. The minimum atomic E-state index is 0.278. The number of imidazole rings is 1. The van der Waals surface area contributed by atoms with Crippen molar-refractivity contribution in [2.24, 2.45) is 16.7 Å². The summed E-state index contributed by atoms with van der Waals surface area (Å²) in [6, 6.07) is 33.0. The Bertz CT molecular complexity index is 1880. The Morgan fingerprint density at radius 3 is 2.32 bits per heavy atom. The molecule has 0 bridgehead atoms. The van der Waals surface area contributed by atoms with E-state index in [1.807, 2.05) is 49.5 Å². The molecule has 0 aliphatic carbocycles. The van der Waals surface area contributed by atoms with Gasteiger partial charge in [0.05, 0.1) is 11.3 Å². The van der Waals surface area contributed by atoms with Crippen LogP contribution in [0.1, 0.15) is 21.5 Å². The van der Waals surface area contributed by atoms with Crippen LogP contribution in [0.4, 0.5) is 5.82 Å². The first kappa shape index (κ1) is 29.6. The van der Waals surface area contributed by atoms with Gasteiger partial charge in [0.15, 0.2) is 17.3 Å². The number of benzene rings is 3. The number of carbonyl (C=O) groups excluding carboxylic acids is 1. The average molecular weight is 585 g/mol. The number of pyridine rings is 2. The van der Waals surface area contributed by atoms with Crippen LogP contribution in [0.25, 0.3) is 39.5 Å². The maximum Gasteiger partial charge on any atom is 0.165 e. The van der Waals surface area contributed by atoms with Crippen LogP contribution < -0.4 is 28.2 Å². The molecule has 0 saturated heterocycles. The van der Waals surface area contributed by atoms with Crippen LogP contribution in [0, 0.1) is 0 Å². The first-order valence-corrected chi connectivity index (χ1v) is 13.8. The van der Waals surface area contributed by atoms with Crippen molar-refractivity contribution in [2.75, 3.05) is 12.8 Å². The van der Waals surface area contributed by atoms with E-state index in [4.69, 9.17) is 27.3 Å². The van der Waals surface area contributed by atoms with E-state index < -0.39 is 0 Å². The fraction of sp³-hybridized carbons (Fsp3) is 0.0606. The van der Waals surface area contributed by atoms with Crippen molar-refractivity contribution in [3.63, 3.8) is 0 Å². The van der Waals surface area contributed by atoms with Gasteiger partial charge < -0.3 is 16.8 Å². The van der Waals surface area contributed by atoms with Crippen LogP contribution in [0.3, 0.4) is 0 Å². The van der Waals surface area contributed by atoms with Gasteiger partial charge in [0, 0.05) is 35.1 Å². The maximum atomic E-state index is 10.3. The number of hydrazone groups is 1. The van der Waals surface area contributed by atoms with E-state index in [0.29, 0.717) is 16.9 Å². The van der Waals surface area contributed by atoms with Crippen LogP contribution in [-0.2, 0) is 6.54 Å². The Balaban J connectivity index is 0.000000249. The molecule has 11 nitrogen and oxygen atoms in total. The van der Waals surface area contributed by atoms with E-state index in [2.05, 4.69) is 61.9 Å². The van der Waals surface area contributed by atoms with E-state index in [1.165, 1.54) is 5.56 Å². The SMILES string of the molecule is CNCc1ccc(-n2c(-c3cccnc3N)nc3ccc(-c4ccccc4)nc32)cc1.NN/N=C(\N)c1ccc(C=O)cc1. The number of fused-ring (bicyclic) bond motifs is 1. The normalized spacial score (nSPS) is 11.1. The molecular formula is C33H32N10O. The molecule has 6 aromatic rings. The molecule has 8 N–H and O–H groups in total. The lowest BCUT2D eigenvalue weighted by Crippen LogP contribution is -2.22. The number of carbonyl (C=O) groups is 1. The van der Waals surface area contributed by atoms with Gasteiger partial charge in [-0.25, -0.2) is 26.3 Å². The molecule has 0 spiro atoms. The van der Waals surface area contributed by atoms with Gasteiger partial charge in [-0.2, -0.15) is 0 Å². The van der Waals surface area contributed by atoms with Gasteiger partial charge in [0.25, 0.3) is 0 Å². The molecule has 3 heterocycles. The first-order valence-electron chi connectivity index (χ1n) is 13.8. The molecular weight excluding hydrogens is 552 g/mol. The Kier molecular flexibility index (Phi) is 9.30. The molecule has 3 aromatic heterocycles. The maximum absolute atomic E-state index is 10.3. The highest BCUT2D eigenvalue weighted by molar-refractivity contribution is 5.97. The lowest BCUT2D eigenvalue weighted by molar-refractivity contribution is 0.112. The van der Waals surface area contributed by atoms with E-state index in [-0.39, 0.29) is 5.84 Å². The topological polar surface area (TPSA) is 175 Å². The van der Waals surface area contributed by atoms with E-state index in [9.17, 15) is 4.79 Å². The second kappa shape index (κ2) is 13.8. The van der Waals surface area contributed by atoms with Crippen molar-refractivity contribution >= 4 is 29.1 Å². The summed E-state index contributed by atoms with van der Waals surface area (Å²) in [6.07, 6.45) is 2.45. The predicted molar refractivity (Wildman–Crippen MR) is 175 cm³/mol. The summed E-state index contributed by atoms with van der Waals surface area (Å²) in [5.74, 6) is 6.39. The minimum absolute atomic E-state index is 0.278. The molecule has 0 saturated carbocycles. The molecule has 0 radical (unpaired) electrons. The van der Waals surface area contributed by atoms with Crippen molar-refractivity contribution in [3.05, 3.63) is 126 Å². The van der Waals surface area contributed by atoms with Crippen LogP contribution in [0.15, 0.2) is 114 Å². The summed E-state index contributed by atoms with van der Waals surface area (Å²) in [6.45, 7) is 0.809. The summed E-state index contributed by atoms with van der Waals surface area (Å²) < 4.78 is 2.05. The highest BCUT2D eigenvalue weighted by Crippen LogP contribution is 2.31. The second-order valence-electron chi connectivity index (χ2n) is 9.68. The Labute approximate surface area is 254 Å². The van der Waals surface area contributed by atoms with Crippen molar-refractivity contribution in [1.29, 1.82) is 0 Å². The number of nitrogens with two attached hydrogens (primary N) is 3. The Hall–Kier alpha value is -5.91. The molecule has 0 amide bonds. The van der Waals surface area contributed by atoms with Gasteiger partial charge >= 0.3 is 0 Å². The monoisotopic (exact) mass is 584 g/mol. The van der Waals surface area contributed by atoms with Gasteiger partial charge in [-0.15, -0.1) is 5.10 Å². The number of aldehydes is 1. The summed E-state index contributed by atoms with van der Waals surface area (Å²) in [4.78, 5) is 24.4. The smallest absolute Gasteiger partial charge is 0.165 e. The molecule has 0 aliphatic rings. The highest BCUT2D eigenvalue weighted by atomic mass is 16.1. The number of aromatic nitrogens is 4. The second-order valence-corrected chi connectivity index (χ2v) is 9.68. The standard InChI is InChI=1S/C25H22N6.C8H10N4O/c1-27-16-17-9-11-19(12-10-17)31-24(20-8-5-15-28-23(20)26)30-22-14-13-21(29-25(22)31)18-6-3-2-4-7-18;9-8(11-12-10)7-3-1-6(5-13)2-4-7/h2-15,27H,16H2,1H3,(H2,26,28);1-5,12H,10H2,(H2,9,11). The summed E-state index contributed by atoms with van der Waals surface area (Å²) in [7, 11) is 1.94. The number of nitrogens with one attached hydrogen (secondary N) is 2. The molecule has 0 unspecified atom stereocenters. The zero-order valence-corrected chi connectivity index (χ0v) is 24.1. The van der Waals surface area contributed by atoms with Gasteiger partial charge in [-0.1, -0.05) is 66.7 Å². The number of hydrogen-bond donors (Lipinski definition) is 5. The lowest BCUT2D eigenvalue weighted by Gasteiger charge is -2.11. The van der Waals surface area contributed by atoms with Gasteiger partial charge in [-0.3, -0.25) is 9.36 Å². The summed E-state index contributed by atoms with van der Waals surface area (Å²) in [5.41, 5.74) is 21.6. The fourth-order valence-corrected chi connectivity index (χ4v) is 4.59. The van der Waals surface area contributed by atoms with Crippen LogP contribution >= 0.6 is 0 Å². The third kappa shape index (κ3) is 6.59. The minimum Gasteiger partial charge on any atom is -0.383 e. The van der Waals surface area contributed by atoms with Crippen molar-refractivity contribution in [1.82, 2.24) is 30.4 Å². The Morgan fingerprint density at radius 2 is 1.66 bits per heavy atom. The van der Waals surface area contributed by atoms with Gasteiger partial charge in [0.1, 0.15) is 17.6 Å². The number of hydrogen-bond acceptors (Lipinski definition) is 9. The zero-order chi connectivity index (χ0) is 30.9. The highest BCUT2D eigenvalue weighted by Gasteiger charge is 2.18. The number of anilines is 1. The molecule has 11 heteroatoms. The van der Waals surface area contributed by atoms with Crippen molar-refractivity contribution in [2.45, 2.75) is 6.54 Å². The summed E-state index contributed by atoms with van der Waals surface area (Å²) in [5, 5.41) is 6.77. The van der Waals surface area contributed by atoms with Gasteiger partial charge in [0.2, 0.25) is 0 Å². The van der Waals surface area contributed by atoms with E-state index >= 15 is 0 Å². The molecule has 0 aliphatic heterocycles. The van der Waals surface area contributed by atoms with Crippen molar-refractivity contribution < 1.29 is 4.79 Å². The Morgan fingerprint density at radius 1 is 0.909 bits per heavy atom. The lowest BCUT2D eigenvalue weighted by atomic mass is 10.1. The quantitative estimate of drug-likeness (QED) is 0.0581. The fourth-order valence-electron chi connectivity index (χ4n) is 4.59. The number of nitrogens with zero attached hydrogens (tertiary/aromatic N) is 5.